The Hall–Kier alpha value is -2.57. The Labute approximate surface area is 196 Å². The van der Waals surface area contributed by atoms with Gasteiger partial charge in [0, 0.05) is 29.4 Å². The first-order chi connectivity index (χ1) is 15.1. The number of halogens is 1. The summed E-state index contributed by atoms with van der Waals surface area (Å²) in [6.07, 6.45) is 0.457. The number of nitrogens with zero attached hydrogens (tertiary/aromatic N) is 1. The average molecular weight is 497 g/mol. The summed E-state index contributed by atoms with van der Waals surface area (Å²) in [5.74, 6) is 0.0309. The van der Waals surface area contributed by atoms with E-state index < -0.39 is 6.04 Å². The van der Waals surface area contributed by atoms with Crippen LogP contribution < -0.4 is 5.32 Å². The zero-order valence-corrected chi connectivity index (χ0v) is 19.7. The fourth-order valence-electron chi connectivity index (χ4n) is 3.25. The van der Waals surface area contributed by atoms with Crippen molar-refractivity contribution in [3.05, 3.63) is 101 Å². The Kier molecular flexibility index (Phi) is 8.74. The molecule has 2 amide bonds. The van der Waals surface area contributed by atoms with E-state index in [0.29, 0.717) is 13.0 Å². The Morgan fingerprint density at radius 3 is 2.13 bits per heavy atom. The topological polar surface area (TPSA) is 49.4 Å². The summed E-state index contributed by atoms with van der Waals surface area (Å²) in [7, 11) is 1.61. The van der Waals surface area contributed by atoms with Crippen molar-refractivity contribution in [1.82, 2.24) is 10.2 Å². The monoisotopic (exact) mass is 496 g/mol. The number of nitrogens with one attached hydrogen (secondary N) is 1. The number of hydrogen-bond donors (Lipinski definition) is 1. The molecular weight excluding hydrogens is 472 g/mol. The molecule has 160 valence electrons. The smallest absolute Gasteiger partial charge is 0.242 e. The van der Waals surface area contributed by atoms with Gasteiger partial charge in [-0.1, -0.05) is 76.6 Å². The van der Waals surface area contributed by atoms with E-state index in [4.69, 9.17) is 0 Å². The van der Waals surface area contributed by atoms with Crippen LogP contribution in [0.3, 0.4) is 0 Å². The summed E-state index contributed by atoms with van der Waals surface area (Å²) in [4.78, 5) is 28.9. The molecule has 6 heteroatoms. The molecule has 0 saturated carbocycles. The number of hydrogen-bond acceptors (Lipinski definition) is 3. The van der Waals surface area contributed by atoms with Crippen LogP contribution in [0.15, 0.2) is 94.3 Å². The summed E-state index contributed by atoms with van der Waals surface area (Å²) >= 11 is 4.93. The zero-order valence-electron chi connectivity index (χ0n) is 17.3. The predicted molar refractivity (Wildman–Crippen MR) is 130 cm³/mol. The lowest BCUT2D eigenvalue weighted by atomic mass is 10.0. The van der Waals surface area contributed by atoms with Gasteiger partial charge >= 0.3 is 0 Å². The Balaban J connectivity index is 1.86. The maximum atomic E-state index is 13.4. The average Bonchev–Trinajstić information content (AvgIpc) is 2.81. The maximum Gasteiger partial charge on any atom is 0.242 e. The Bertz CT molecular complexity index is 981. The molecule has 0 aliphatic carbocycles. The third kappa shape index (κ3) is 6.97. The molecule has 0 fully saturated rings. The SMILES string of the molecule is CNC(=O)[C@@H](Cc1ccccc1)N(Cc1ccc(Br)cc1)C(=O)CSc1ccccc1. The summed E-state index contributed by atoms with van der Waals surface area (Å²) in [6, 6.07) is 26.9. The zero-order chi connectivity index (χ0) is 22.1. The summed E-state index contributed by atoms with van der Waals surface area (Å²) in [6.45, 7) is 0.367. The van der Waals surface area contributed by atoms with Gasteiger partial charge in [0.1, 0.15) is 6.04 Å². The molecule has 0 saturated heterocycles. The van der Waals surface area contributed by atoms with Crippen LogP contribution in [0.4, 0.5) is 0 Å². The van der Waals surface area contributed by atoms with Crippen molar-refractivity contribution in [1.29, 1.82) is 0 Å². The van der Waals surface area contributed by atoms with Crippen molar-refractivity contribution in [2.24, 2.45) is 0 Å². The fourth-order valence-corrected chi connectivity index (χ4v) is 4.32. The molecule has 1 atom stereocenters. The third-order valence-corrected chi connectivity index (χ3v) is 6.41. The van der Waals surface area contributed by atoms with E-state index in [1.54, 1.807) is 11.9 Å². The second-order valence-corrected chi connectivity index (χ2v) is 9.03. The molecular formula is C25H25BrN2O2S. The van der Waals surface area contributed by atoms with Crippen LogP contribution in [0.25, 0.3) is 0 Å². The number of thioether (sulfide) groups is 1. The molecule has 3 aromatic rings. The standard InChI is InChI=1S/C25H25BrN2O2S/c1-27-25(30)23(16-19-8-4-2-5-9-19)28(17-20-12-14-21(26)15-13-20)24(29)18-31-22-10-6-3-7-11-22/h2-15,23H,16-18H2,1H3,(H,27,30)/t23-/m1/s1. The second-order valence-electron chi connectivity index (χ2n) is 7.07. The molecule has 31 heavy (non-hydrogen) atoms. The van der Waals surface area contributed by atoms with E-state index in [1.165, 1.54) is 11.8 Å². The number of benzene rings is 3. The van der Waals surface area contributed by atoms with Crippen molar-refractivity contribution in [3.63, 3.8) is 0 Å². The molecule has 0 radical (unpaired) electrons. The third-order valence-electron chi connectivity index (χ3n) is 4.89. The minimum atomic E-state index is -0.597. The van der Waals surface area contributed by atoms with Gasteiger partial charge in [-0.2, -0.15) is 0 Å². The van der Waals surface area contributed by atoms with Crippen LogP contribution in [0.2, 0.25) is 0 Å². The molecule has 4 nitrogen and oxygen atoms in total. The minimum absolute atomic E-state index is 0.0682. The number of carbonyl (C=O) groups is 2. The van der Waals surface area contributed by atoms with Gasteiger partial charge in [0.2, 0.25) is 11.8 Å². The molecule has 0 bridgehead atoms. The van der Waals surface area contributed by atoms with Gasteiger partial charge in [-0.3, -0.25) is 9.59 Å². The van der Waals surface area contributed by atoms with Gasteiger partial charge in [0.25, 0.3) is 0 Å². The highest BCUT2D eigenvalue weighted by Crippen LogP contribution is 2.21. The number of carbonyl (C=O) groups excluding carboxylic acids is 2. The number of amides is 2. The highest BCUT2D eigenvalue weighted by atomic mass is 79.9. The minimum Gasteiger partial charge on any atom is -0.357 e. The van der Waals surface area contributed by atoms with Crippen LogP contribution in [-0.2, 0) is 22.6 Å². The normalized spacial score (nSPS) is 11.5. The van der Waals surface area contributed by atoms with E-state index in [1.807, 2.05) is 84.9 Å². The molecule has 1 N–H and O–H groups in total. The highest BCUT2D eigenvalue weighted by molar-refractivity contribution is 9.10. The second kappa shape index (κ2) is 11.7. The summed E-state index contributed by atoms with van der Waals surface area (Å²) in [5, 5.41) is 2.74. The van der Waals surface area contributed by atoms with E-state index in [9.17, 15) is 9.59 Å². The van der Waals surface area contributed by atoms with Gasteiger partial charge in [-0.05, 0) is 35.4 Å². The molecule has 0 spiro atoms. The molecule has 3 rings (SSSR count). The predicted octanol–water partition coefficient (Wildman–Crippen LogP) is 4.93. The van der Waals surface area contributed by atoms with Crippen LogP contribution in [0.5, 0.6) is 0 Å². The molecule has 0 aliphatic rings. The van der Waals surface area contributed by atoms with E-state index in [2.05, 4.69) is 21.2 Å². The largest absolute Gasteiger partial charge is 0.357 e. The quantitative estimate of drug-likeness (QED) is 0.427. The van der Waals surface area contributed by atoms with Gasteiger partial charge in [-0.15, -0.1) is 11.8 Å². The van der Waals surface area contributed by atoms with Crippen LogP contribution in [-0.4, -0.2) is 35.6 Å². The Morgan fingerprint density at radius 2 is 1.52 bits per heavy atom. The van der Waals surface area contributed by atoms with Gasteiger partial charge < -0.3 is 10.2 Å². The maximum absolute atomic E-state index is 13.4. The Morgan fingerprint density at radius 1 is 0.903 bits per heavy atom. The van der Waals surface area contributed by atoms with Crippen molar-refractivity contribution in [2.45, 2.75) is 23.9 Å². The summed E-state index contributed by atoms with van der Waals surface area (Å²) < 4.78 is 0.973. The van der Waals surface area contributed by atoms with Crippen LogP contribution >= 0.6 is 27.7 Å². The molecule has 0 unspecified atom stereocenters. The first-order valence-corrected chi connectivity index (χ1v) is 11.8. The van der Waals surface area contributed by atoms with E-state index in [-0.39, 0.29) is 17.6 Å². The lowest BCUT2D eigenvalue weighted by molar-refractivity contribution is -0.139. The van der Waals surface area contributed by atoms with Gasteiger partial charge in [0.05, 0.1) is 5.75 Å². The molecule has 3 aromatic carbocycles. The van der Waals surface area contributed by atoms with Crippen molar-refractivity contribution < 1.29 is 9.59 Å². The van der Waals surface area contributed by atoms with Crippen molar-refractivity contribution in [2.75, 3.05) is 12.8 Å². The van der Waals surface area contributed by atoms with E-state index >= 15 is 0 Å². The lowest BCUT2D eigenvalue weighted by Gasteiger charge is -2.31. The van der Waals surface area contributed by atoms with E-state index in [0.717, 1.165) is 20.5 Å². The number of likely N-dealkylation sites (N-methyl/N-ethyl adjacent to an activating group) is 1. The first-order valence-electron chi connectivity index (χ1n) is 10.0. The molecule has 0 heterocycles. The fraction of sp³-hybridized carbons (Fsp3) is 0.200. The summed E-state index contributed by atoms with van der Waals surface area (Å²) in [5.41, 5.74) is 1.99. The molecule has 0 aliphatic heterocycles. The van der Waals surface area contributed by atoms with Crippen molar-refractivity contribution >= 4 is 39.5 Å². The lowest BCUT2D eigenvalue weighted by Crippen LogP contribution is -2.50. The van der Waals surface area contributed by atoms with Crippen molar-refractivity contribution in [3.8, 4) is 0 Å². The van der Waals surface area contributed by atoms with Gasteiger partial charge in [-0.25, -0.2) is 0 Å². The first kappa shape index (κ1) is 23.1. The van der Waals surface area contributed by atoms with Gasteiger partial charge in [0.15, 0.2) is 0 Å². The van der Waals surface area contributed by atoms with Crippen LogP contribution in [0, 0.1) is 0 Å². The highest BCUT2D eigenvalue weighted by Gasteiger charge is 2.29. The van der Waals surface area contributed by atoms with Crippen LogP contribution in [0.1, 0.15) is 11.1 Å². The molecule has 0 aromatic heterocycles. The number of rotatable bonds is 9.